The number of amides is 1. The van der Waals surface area contributed by atoms with Crippen LogP contribution in [0, 0.1) is 0 Å². The normalized spacial score (nSPS) is 10.3. The van der Waals surface area contributed by atoms with Crippen LogP contribution >= 0.6 is 0 Å². The van der Waals surface area contributed by atoms with E-state index in [0.717, 1.165) is 16.7 Å². The molecule has 2 aromatic carbocycles. The third-order valence-corrected chi connectivity index (χ3v) is 3.78. The number of aromatic nitrogens is 1. The van der Waals surface area contributed by atoms with Gasteiger partial charge in [0.25, 0.3) is 0 Å². The second kappa shape index (κ2) is 7.42. The van der Waals surface area contributed by atoms with Crippen LogP contribution in [0.3, 0.4) is 0 Å². The number of nitrogens with zero attached hydrogens (tertiary/aromatic N) is 1. The molecule has 0 saturated carbocycles. The zero-order valence-electron chi connectivity index (χ0n) is 13.1. The highest BCUT2D eigenvalue weighted by Gasteiger charge is 2.07. The first-order chi connectivity index (χ1) is 11.7. The first-order valence-electron chi connectivity index (χ1n) is 7.75. The van der Waals surface area contributed by atoms with E-state index in [1.165, 1.54) is 0 Å². The molecule has 1 amide bonds. The lowest BCUT2D eigenvalue weighted by molar-refractivity contribution is -0.120. The summed E-state index contributed by atoms with van der Waals surface area (Å²) in [5.74, 6) is 0.0290. The van der Waals surface area contributed by atoms with Crippen LogP contribution in [0.5, 0.6) is 5.75 Å². The van der Waals surface area contributed by atoms with Gasteiger partial charge in [0, 0.05) is 24.5 Å². The van der Waals surface area contributed by atoms with E-state index in [9.17, 15) is 9.90 Å². The molecule has 1 aromatic heterocycles. The Hall–Kier alpha value is -3.14. The van der Waals surface area contributed by atoms with E-state index in [1.807, 2.05) is 42.6 Å². The van der Waals surface area contributed by atoms with E-state index in [0.29, 0.717) is 12.1 Å². The number of pyridine rings is 1. The zero-order chi connectivity index (χ0) is 16.8. The fraction of sp³-hybridized carbons (Fsp3) is 0.100. The van der Waals surface area contributed by atoms with Crippen molar-refractivity contribution in [3.05, 3.63) is 84.2 Å². The van der Waals surface area contributed by atoms with E-state index < -0.39 is 0 Å². The highest BCUT2D eigenvalue weighted by atomic mass is 16.3. The summed E-state index contributed by atoms with van der Waals surface area (Å²) in [6.45, 7) is 0.458. The highest BCUT2D eigenvalue weighted by Crippen LogP contribution is 2.18. The molecule has 24 heavy (non-hydrogen) atoms. The van der Waals surface area contributed by atoms with Gasteiger partial charge < -0.3 is 10.4 Å². The van der Waals surface area contributed by atoms with Crippen molar-refractivity contribution in [3.63, 3.8) is 0 Å². The van der Waals surface area contributed by atoms with Crippen molar-refractivity contribution in [2.45, 2.75) is 13.0 Å². The van der Waals surface area contributed by atoms with Gasteiger partial charge in [-0.3, -0.25) is 9.78 Å². The second-order valence-corrected chi connectivity index (χ2v) is 5.52. The third kappa shape index (κ3) is 3.98. The average Bonchev–Trinajstić information content (AvgIpc) is 2.63. The predicted molar refractivity (Wildman–Crippen MR) is 93.3 cm³/mol. The lowest BCUT2D eigenvalue weighted by atomic mass is 10.1. The Bertz CT molecular complexity index is 815. The molecule has 3 rings (SSSR count). The molecule has 0 aliphatic carbocycles. The average molecular weight is 318 g/mol. The van der Waals surface area contributed by atoms with Gasteiger partial charge in [-0.25, -0.2) is 0 Å². The van der Waals surface area contributed by atoms with Crippen LogP contribution in [-0.2, 0) is 17.8 Å². The Morgan fingerprint density at radius 3 is 2.46 bits per heavy atom. The SMILES string of the molecule is O=C(Cc1ccccc1O)NCc1ccc(-c2cccnc2)cc1. The summed E-state index contributed by atoms with van der Waals surface area (Å²) in [7, 11) is 0. The summed E-state index contributed by atoms with van der Waals surface area (Å²) < 4.78 is 0. The quantitative estimate of drug-likeness (QED) is 0.758. The minimum Gasteiger partial charge on any atom is -0.508 e. The minimum atomic E-state index is -0.118. The number of phenolic OH excluding ortho intramolecular Hbond substituents is 1. The van der Waals surface area contributed by atoms with Crippen molar-refractivity contribution in [3.8, 4) is 16.9 Å². The largest absolute Gasteiger partial charge is 0.508 e. The summed E-state index contributed by atoms with van der Waals surface area (Å²) in [6.07, 6.45) is 3.74. The number of para-hydroxylation sites is 1. The second-order valence-electron chi connectivity index (χ2n) is 5.52. The van der Waals surface area contributed by atoms with Crippen LogP contribution in [0.4, 0.5) is 0 Å². The van der Waals surface area contributed by atoms with Gasteiger partial charge >= 0.3 is 0 Å². The molecule has 4 nitrogen and oxygen atoms in total. The van der Waals surface area contributed by atoms with Gasteiger partial charge in [0.1, 0.15) is 5.75 Å². The molecule has 120 valence electrons. The number of hydrogen-bond donors (Lipinski definition) is 2. The van der Waals surface area contributed by atoms with Gasteiger partial charge in [0.2, 0.25) is 5.91 Å². The number of hydrogen-bond acceptors (Lipinski definition) is 3. The molecule has 0 saturated heterocycles. The Morgan fingerprint density at radius 2 is 1.75 bits per heavy atom. The van der Waals surface area contributed by atoms with E-state index in [-0.39, 0.29) is 18.1 Å². The van der Waals surface area contributed by atoms with Crippen molar-refractivity contribution in [2.75, 3.05) is 0 Å². The number of aromatic hydroxyl groups is 1. The van der Waals surface area contributed by atoms with Crippen molar-refractivity contribution in [2.24, 2.45) is 0 Å². The Balaban J connectivity index is 1.57. The minimum absolute atomic E-state index is 0.118. The number of nitrogens with one attached hydrogen (secondary N) is 1. The van der Waals surface area contributed by atoms with Crippen LogP contribution in [0.25, 0.3) is 11.1 Å². The molecule has 0 unspecified atom stereocenters. The van der Waals surface area contributed by atoms with E-state index in [4.69, 9.17) is 0 Å². The third-order valence-electron chi connectivity index (χ3n) is 3.78. The summed E-state index contributed by atoms with van der Waals surface area (Å²) in [5, 5.41) is 12.6. The molecule has 0 spiro atoms. The summed E-state index contributed by atoms with van der Waals surface area (Å²) in [4.78, 5) is 16.1. The topological polar surface area (TPSA) is 62.2 Å². The highest BCUT2D eigenvalue weighted by molar-refractivity contribution is 5.79. The Kier molecular flexibility index (Phi) is 4.87. The molecule has 0 radical (unpaired) electrons. The smallest absolute Gasteiger partial charge is 0.224 e. The molecule has 3 aromatic rings. The van der Waals surface area contributed by atoms with E-state index in [1.54, 1.807) is 30.5 Å². The van der Waals surface area contributed by atoms with Crippen LogP contribution < -0.4 is 5.32 Å². The zero-order valence-corrected chi connectivity index (χ0v) is 13.1. The van der Waals surface area contributed by atoms with E-state index in [2.05, 4.69) is 10.3 Å². The fourth-order valence-electron chi connectivity index (χ4n) is 2.45. The standard InChI is InChI=1S/C20H18N2O2/c23-19-6-2-1-4-17(19)12-20(24)22-13-15-7-9-16(10-8-15)18-5-3-11-21-14-18/h1-11,14,23H,12-13H2,(H,22,24). The number of carbonyl (C=O) groups is 1. The van der Waals surface area contributed by atoms with Crippen molar-refractivity contribution >= 4 is 5.91 Å². The maximum absolute atomic E-state index is 12.0. The molecule has 4 heteroatoms. The summed E-state index contributed by atoms with van der Waals surface area (Å²) in [5.41, 5.74) is 3.80. The molecule has 1 heterocycles. The lowest BCUT2D eigenvalue weighted by Crippen LogP contribution is -2.24. The molecule has 0 fully saturated rings. The van der Waals surface area contributed by atoms with Crippen LogP contribution in [0.2, 0.25) is 0 Å². The van der Waals surface area contributed by atoms with Crippen LogP contribution in [0.15, 0.2) is 73.1 Å². The molecule has 0 bridgehead atoms. The first-order valence-corrected chi connectivity index (χ1v) is 7.75. The van der Waals surface area contributed by atoms with Crippen LogP contribution in [0.1, 0.15) is 11.1 Å². The summed E-state index contributed by atoms with van der Waals surface area (Å²) >= 11 is 0. The number of carbonyl (C=O) groups excluding carboxylic acids is 1. The van der Waals surface area contributed by atoms with Crippen molar-refractivity contribution < 1.29 is 9.90 Å². The molecule has 0 aliphatic heterocycles. The van der Waals surface area contributed by atoms with Crippen molar-refractivity contribution in [1.29, 1.82) is 0 Å². The summed E-state index contributed by atoms with van der Waals surface area (Å²) in [6, 6.07) is 18.8. The maximum atomic E-state index is 12.0. The molecule has 0 atom stereocenters. The molecular formula is C20H18N2O2. The molecule has 2 N–H and O–H groups in total. The molecule has 0 aliphatic rings. The number of phenols is 1. The van der Waals surface area contributed by atoms with Crippen LogP contribution in [-0.4, -0.2) is 16.0 Å². The number of benzene rings is 2. The number of rotatable bonds is 5. The predicted octanol–water partition coefficient (Wildman–Crippen LogP) is 3.31. The van der Waals surface area contributed by atoms with Gasteiger partial charge in [-0.1, -0.05) is 48.5 Å². The maximum Gasteiger partial charge on any atom is 0.224 e. The fourth-order valence-corrected chi connectivity index (χ4v) is 2.45. The first kappa shape index (κ1) is 15.7. The van der Waals surface area contributed by atoms with Gasteiger partial charge in [-0.05, 0) is 28.8 Å². The Morgan fingerprint density at radius 1 is 0.958 bits per heavy atom. The van der Waals surface area contributed by atoms with Gasteiger partial charge in [0.05, 0.1) is 6.42 Å². The Labute approximate surface area is 140 Å². The van der Waals surface area contributed by atoms with E-state index >= 15 is 0 Å². The van der Waals surface area contributed by atoms with Gasteiger partial charge in [-0.2, -0.15) is 0 Å². The molecular weight excluding hydrogens is 300 g/mol. The van der Waals surface area contributed by atoms with Gasteiger partial charge in [0.15, 0.2) is 0 Å². The lowest BCUT2D eigenvalue weighted by Gasteiger charge is -2.08. The monoisotopic (exact) mass is 318 g/mol. The van der Waals surface area contributed by atoms with Crippen molar-refractivity contribution in [1.82, 2.24) is 10.3 Å². The van der Waals surface area contributed by atoms with Gasteiger partial charge in [-0.15, -0.1) is 0 Å².